The lowest BCUT2D eigenvalue weighted by atomic mass is 10.1. The Hall–Kier alpha value is -2.85. The minimum Gasteiger partial charge on any atom is -0.368 e. The summed E-state index contributed by atoms with van der Waals surface area (Å²) in [5.74, 6) is -1.43. The van der Waals surface area contributed by atoms with E-state index < -0.39 is 23.7 Å². The highest BCUT2D eigenvalue weighted by Crippen LogP contribution is 2.29. The van der Waals surface area contributed by atoms with Gasteiger partial charge in [-0.3, -0.25) is 19.9 Å². The topological polar surface area (TPSA) is 104 Å². The summed E-state index contributed by atoms with van der Waals surface area (Å²) in [5.41, 5.74) is 7.15. The van der Waals surface area contributed by atoms with E-state index in [1.54, 1.807) is 0 Å². The zero-order valence-electron chi connectivity index (χ0n) is 15.2. The van der Waals surface area contributed by atoms with Gasteiger partial charge in [0.1, 0.15) is 17.6 Å². The third-order valence-corrected chi connectivity index (χ3v) is 5.73. The van der Waals surface area contributed by atoms with Crippen LogP contribution in [-0.2, 0) is 22.6 Å². The van der Waals surface area contributed by atoms with Gasteiger partial charge in [-0.25, -0.2) is 9.37 Å². The molecule has 1 aromatic carbocycles. The van der Waals surface area contributed by atoms with Crippen LogP contribution in [0.1, 0.15) is 17.0 Å². The summed E-state index contributed by atoms with van der Waals surface area (Å²) in [6, 6.07) is 4.70. The van der Waals surface area contributed by atoms with E-state index in [0.29, 0.717) is 10.8 Å². The number of primary amides is 1. The van der Waals surface area contributed by atoms with Gasteiger partial charge >= 0.3 is 0 Å². The van der Waals surface area contributed by atoms with Gasteiger partial charge in [0, 0.05) is 30.8 Å². The Morgan fingerprint density at radius 1 is 1.32 bits per heavy atom. The second-order valence-electron chi connectivity index (χ2n) is 6.82. The monoisotopic (exact) mass is 402 g/mol. The second kappa shape index (κ2) is 7.28. The van der Waals surface area contributed by atoms with Crippen LogP contribution in [0.3, 0.4) is 0 Å². The summed E-state index contributed by atoms with van der Waals surface area (Å²) in [6.07, 6.45) is 0.924. The van der Waals surface area contributed by atoms with Crippen LogP contribution in [0, 0.1) is 5.82 Å². The first-order valence-corrected chi connectivity index (χ1v) is 9.62. The molecule has 4 rings (SSSR count). The molecule has 28 heavy (non-hydrogen) atoms. The van der Waals surface area contributed by atoms with E-state index in [-0.39, 0.29) is 12.1 Å². The summed E-state index contributed by atoms with van der Waals surface area (Å²) < 4.78 is 13.2. The molecule has 2 aliphatic heterocycles. The highest BCUT2D eigenvalue weighted by Gasteiger charge is 2.35. The summed E-state index contributed by atoms with van der Waals surface area (Å²) >= 11 is 1.45. The number of thiazole rings is 1. The predicted molar refractivity (Wildman–Crippen MR) is 105 cm³/mol. The Morgan fingerprint density at radius 3 is 2.79 bits per heavy atom. The number of fused-ring (bicyclic) bond motifs is 1. The van der Waals surface area contributed by atoms with Gasteiger partial charge in [0.15, 0.2) is 5.13 Å². The fraction of sp³-hybridized carbons (Fsp3) is 0.333. The number of hydrazone groups is 1. The molecule has 0 saturated carbocycles. The first-order chi connectivity index (χ1) is 13.4. The lowest BCUT2D eigenvalue weighted by molar-refractivity contribution is -0.119. The van der Waals surface area contributed by atoms with E-state index in [1.165, 1.54) is 40.6 Å². The van der Waals surface area contributed by atoms with Gasteiger partial charge in [-0.15, -0.1) is 11.3 Å². The number of amides is 2. The standard InChI is InChI=1S/C18H19FN6O2S/c1-24-7-6-12-15(9-24)28-18(21-12)22-17(27)13-8-14(16(20)26)25(23-13)11-4-2-10(19)3-5-11/h2-5,14H,6-9H2,1H3,(H2,20,26)(H,21,22,27)/t14-/m0/s1. The molecule has 3 heterocycles. The van der Waals surface area contributed by atoms with Crippen LogP contribution in [0.25, 0.3) is 0 Å². The number of hydrogen-bond acceptors (Lipinski definition) is 7. The van der Waals surface area contributed by atoms with E-state index in [0.717, 1.165) is 30.1 Å². The van der Waals surface area contributed by atoms with Gasteiger partial charge in [-0.1, -0.05) is 0 Å². The molecule has 2 amide bonds. The number of anilines is 2. The first-order valence-electron chi connectivity index (χ1n) is 8.81. The Balaban J connectivity index is 1.53. The fourth-order valence-corrected chi connectivity index (χ4v) is 4.33. The van der Waals surface area contributed by atoms with Crippen LogP contribution in [-0.4, -0.2) is 47.0 Å². The molecule has 0 saturated heterocycles. The maximum atomic E-state index is 13.2. The predicted octanol–water partition coefficient (Wildman–Crippen LogP) is 1.33. The number of carbonyl (C=O) groups is 2. The number of carbonyl (C=O) groups excluding carboxylic acids is 2. The summed E-state index contributed by atoms with van der Waals surface area (Å²) in [4.78, 5) is 32.3. The Bertz CT molecular complexity index is 957. The SMILES string of the molecule is CN1CCc2nc(NC(=O)C3=NN(c4ccc(F)cc4)[C@H](C(N)=O)C3)sc2C1. The van der Waals surface area contributed by atoms with Gasteiger partial charge in [0.05, 0.1) is 11.4 Å². The molecule has 3 N–H and O–H groups in total. The molecule has 0 aliphatic carbocycles. The van der Waals surface area contributed by atoms with Crippen LogP contribution >= 0.6 is 11.3 Å². The van der Waals surface area contributed by atoms with Crippen LogP contribution in [0.5, 0.6) is 0 Å². The van der Waals surface area contributed by atoms with E-state index in [4.69, 9.17) is 5.73 Å². The molecule has 2 aromatic rings. The number of nitrogens with two attached hydrogens (primary N) is 1. The number of halogens is 1. The molecular formula is C18H19FN6O2S. The second-order valence-corrected chi connectivity index (χ2v) is 7.90. The molecule has 146 valence electrons. The smallest absolute Gasteiger partial charge is 0.273 e. The van der Waals surface area contributed by atoms with Crippen molar-refractivity contribution in [1.29, 1.82) is 0 Å². The van der Waals surface area contributed by atoms with Crippen LogP contribution < -0.4 is 16.1 Å². The number of rotatable bonds is 4. The minimum atomic E-state index is -0.802. The zero-order valence-corrected chi connectivity index (χ0v) is 16.0. The minimum absolute atomic E-state index is 0.0758. The molecule has 10 heteroatoms. The molecule has 8 nitrogen and oxygen atoms in total. The molecular weight excluding hydrogens is 383 g/mol. The number of benzene rings is 1. The van der Waals surface area contributed by atoms with Gasteiger partial charge in [-0.05, 0) is 31.3 Å². The quantitative estimate of drug-likeness (QED) is 0.803. The third-order valence-electron chi connectivity index (χ3n) is 4.73. The van der Waals surface area contributed by atoms with E-state index in [9.17, 15) is 14.0 Å². The largest absolute Gasteiger partial charge is 0.368 e. The van der Waals surface area contributed by atoms with Gasteiger partial charge in [-0.2, -0.15) is 5.10 Å². The van der Waals surface area contributed by atoms with Crippen molar-refractivity contribution in [3.05, 3.63) is 40.7 Å². The van der Waals surface area contributed by atoms with E-state index in [2.05, 4.69) is 20.3 Å². The van der Waals surface area contributed by atoms with Crippen molar-refractivity contribution in [3.8, 4) is 0 Å². The lowest BCUT2D eigenvalue weighted by Crippen LogP contribution is -2.39. The van der Waals surface area contributed by atoms with Crippen LogP contribution in [0.4, 0.5) is 15.2 Å². The normalized spacial score (nSPS) is 19.3. The lowest BCUT2D eigenvalue weighted by Gasteiger charge is -2.20. The van der Waals surface area contributed by atoms with E-state index >= 15 is 0 Å². The number of likely N-dealkylation sites (N-methyl/N-ethyl adjacent to an activating group) is 1. The summed E-state index contributed by atoms with van der Waals surface area (Å²) in [7, 11) is 2.04. The number of nitrogens with one attached hydrogen (secondary N) is 1. The van der Waals surface area contributed by atoms with Gasteiger partial charge in [0.2, 0.25) is 5.91 Å². The molecule has 0 spiro atoms. The van der Waals surface area contributed by atoms with Crippen LogP contribution in [0.2, 0.25) is 0 Å². The number of nitrogens with zero attached hydrogens (tertiary/aromatic N) is 4. The molecule has 0 bridgehead atoms. The highest BCUT2D eigenvalue weighted by molar-refractivity contribution is 7.16. The van der Waals surface area contributed by atoms with E-state index in [1.807, 2.05) is 7.05 Å². The highest BCUT2D eigenvalue weighted by atomic mass is 32.1. The van der Waals surface area contributed by atoms with Crippen molar-refractivity contribution in [2.24, 2.45) is 10.8 Å². The Labute approximate surface area is 164 Å². The fourth-order valence-electron chi connectivity index (χ4n) is 3.25. The summed E-state index contributed by atoms with van der Waals surface area (Å²) in [6.45, 7) is 1.75. The molecule has 0 radical (unpaired) electrons. The third kappa shape index (κ3) is 3.60. The van der Waals surface area contributed by atoms with Crippen molar-refractivity contribution < 1.29 is 14.0 Å². The maximum Gasteiger partial charge on any atom is 0.273 e. The molecule has 0 unspecified atom stereocenters. The van der Waals surface area contributed by atoms with Gasteiger partial charge < -0.3 is 10.6 Å². The van der Waals surface area contributed by atoms with Crippen molar-refractivity contribution in [3.63, 3.8) is 0 Å². The van der Waals surface area contributed by atoms with Crippen LogP contribution in [0.15, 0.2) is 29.4 Å². The zero-order chi connectivity index (χ0) is 19.8. The Kier molecular flexibility index (Phi) is 4.82. The molecule has 1 atom stereocenters. The maximum absolute atomic E-state index is 13.2. The number of aromatic nitrogens is 1. The number of hydrogen-bond donors (Lipinski definition) is 2. The van der Waals surface area contributed by atoms with Crippen molar-refractivity contribution in [1.82, 2.24) is 9.88 Å². The van der Waals surface area contributed by atoms with Crippen molar-refractivity contribution in [2.75, 3.05) is 23.9 Å². The van der Waals surface area contributed by atoms with Gasteiger partial charge in [0.25, 0.3) is 5.91 Å². The average molecular weight is 402 g/mol. The summed E-state index contributed by atoms with van der Waals surface area (Å²) in [5, 5.41) is 8.92. The Morgan fingerprint density at radius 2 is 2.07 bits per heavy atom. The molecule has 1 aromatic heterocycles. The van der Waals surface area contributed by atoms with Crippen molar-refractivity contribution in [2.45, 2.75) is 25.4 Å². The molecule has 0 fully saturated rings. The molecule has 2 aliphatic rings. The van der Waals surface area contributed by atoms with Crippen molar-refractivity contribution >= 4 is 39.7 Å². The average Bonchev–Trinajstić information content (AvgIpc) is 3.26. The first kappa shape index (κ1) is 18.5.